The van der Waals surface area contributed by atoms with Gasteiger partial charge in [-0.25, -0.2) is 18.7 Å². The summed E-state index contributed by atoms with van der Waals surface area (Å²) in [5, 5.41) is 7.60. The topological polar surface area (TPSA) is 68.8 Å². The van der Waals surface area contributed by atoms with Crippen LogP contribution in [0.5, 0.6) is 0 Å². The molecular weight excluding hydrogens is 380 g/mol. The largest absolute Gasteiger partial charge is 0.453 e. The minimum absolute atomic E-state index is 0.368. The van der Waals surface area contributed by atoms with Crippen molar-refractivity contribution in [2.24, 2.45) is 0 Å². The zero-order valence-electron chi connectivity index (χ0n) is 14.4. The Morgan fingerprint density at radius 3 is 2.61 bits per heavy atom. The molecule has 4 rings (SSSR count). The monoisotopic (exact) mass is 394 g/mol. The number of aromatic nitrogens is 5. The first kappa shape index (κ1) is 18.1. The molecule has 1 amide bonds. The van der Waals surface area contributed by atoms with Gasteiger partial charge in [0.25, 0.3) is 5.82 Å². The minimum atomic E-state index is -4.66. The molecule has 0 N–H and O–H groups in total. The van der Waals surface area contributed by atoms with Crippen molar-refractivity contribution >= 4 is 11.6 Å². The van der Waals surface area contributed by atoms with Gasteiger partial charge < -0.3 is 4.90 Å². The molecule has 0 spiro atoms. The predicted molar refractivity (Wildman–Crippen MR) is 89.2 cm³/mol. The molecular formula is C17H14F4N6O. The van der Waals surface area contributed by atoms with E-state index in [0.717, 1.165) is 16.7 Å². The molecule has 146 valence electrons. The number of fused-ring (bicyclic) bond motifs is 1. The lowest BCUT2D eigenvalue weighted by Crippen LogP contribution is -2.37. The van der Waals surface area contributed by atoms with Gasteiger partial charge in [-0.3, -0.25) is 4.79 Å². The summed E-state index contributed by atoms with van der Waals surface area (Å²) in [4.78, 5) is 17.3. The number of benzene rings is 1. The van der Waals surface area contributed by atoms with Crippen LogP contribution in [0.4, 0.5) is 23.2 Å². The van der Waals surface area contributed by atoms with E-state index in [-0.39, 0.29) is 12.4 Å². The van der Waals surface area contributed by atoms with Crippen molar-refractivity contribution in [1.29, 1.82) is 0 Å². The lowest BCUT2D eigenvalue weighted by molar-refractivity contribution is -0.145. The molecule has 11 heteroatoms. The summed E-state index contributed by atoms with van der Waals surface area (Å²) < 4.78 is 53.5. The van der Waals surface area contributed by atoms with E-state index >= 15 is 0 Å². The molecule has 0 fully saturated rings. The Balaban J connectivity index is 1.57. The number of hydrogen-bond donors (Lipinski definition) is 0. The fraction of sp³-hybridized carbons (Fsp3) is 0.294. The Morgan fingerprint density at radius 1 is 1.18 bits per heavy atom. The first-order chi connectivity index (χ1) is 13.3. The molecule has 3 aromatic rings. The molecule has 0 saturated heterocycles. The normalized spacial score (nSPS) is 14.2. The second-order valence-corrected chi connectivity index (χ2v) is 6.28. The second-order valence-electron chi connectivity index (χ2n) is 6.28. The maximum absolute atomic E-state index is 13.2. The molecule has 1 aromatic carbocycles. The van der Waals surface area contributed by atoms with Crippen molar-refractivity contribution in [1.82, 2.24) is 24.5 Å². The summed E-state index contributed by atoms with van der Waals surface area (Å²) in [6, 6.07) is 5.80. The summed E-state index contributed by atoms with van der Waals surface area (Å²) in [5.41, 5.74) is 2.01. The number of rotatable bonds is 3. The third kappa shape index (κ3) is 3.35. The average Bonchev–Trinajstić information content (AvgIpc) is 3.29. The van der Waals surface area contributed by atoms with Crippen molar-refractivity contribution in [3.63, 3.8) is 0 Å². The molecule has 7 nitrogen and oxygen atoms in total. The highest BCUT2D eigenvalue weighted by molar-refractivity contribution is 5.94. The molecule has 0 unspecified atom stereocenters. The smallest absolute Gasteiger partial charge is 0.308 e. The van der Waals surface area contributed by atoms with Gasteiger partial charge in [0.05, 0.1) is 23.3 Å². The van der Waals surface area contributed by atoms with Gasteiger partial charge in [-0.1, -0.05) is 0 Å². The van der Waals surface area contributed by atoms with Gasteiger partial charge in [0, 0.05) is 6.54 Å². The highest BCUT2D eigenvalue weighted by atomic mass is 19.4. The molecule has 0 bridgehead atoms. The van der Waals surface area contributed by atoms with Crippen LogP contribution in [0.1, 0.15) is 17.9 Å². The van der Waals surface area contributed by atoms with E-state index in [4.69, 9.17) is 0 Å². The Bertz CT molecular complexity index is 1010. The van der Waals surface area contributed by atoms with Gasteiger partial charge in [0.1, 0.15) is 18.7 Å². The minimum Gasteiger partial charge on any atom is -0.308 e. The number of nitrogens with zero attached hydrogens (tertiary/aromatic N) is 6. The summed E-state index contributed by atoms with van der Waals surface area (Å²) in [6.45, 7) is 0.0476. The number of carbonyl (C=O) groups excluding carboxylic acids is 1. The van der Waals surface area contributed by atoms with Gasteiger partial charge in [0.15, 0.2) is 0 Å². The Labute approximate surface area is 156 Å². The van der Waals surface area contributed by atoms with Crippen LogP contribution in [0.2, 0.25) is 0 Å². The number of alkyl halides is 3. The van der Waals surface area contributed by atoms with Crippen molar-refractivity contribution < 1.29 is 22.4 Å². The van der Waals surface area contributed by atoms with Crippen LogP contribution in [0.25, 0.3) is 5.69 Å². The summed E-state index contributed by atoms with van der Waals surface area (Å²) in [5.74, 6) is -2.07. The fourth-order valence-electron chi connectivity index (χ4n) is 3.14. The molecule has 0 atom stereocenters. The zero-order chi connectivity index (χ0) is 19.9. The van der Waals surface area contributed by atoms with Gasteiger partial charge in [-0.05, 0) is 37.1 Å². The number of amides is 1. The quantitative estimate of drug-likeness (QED) is 0.641. The molecule has 1 aliphatic rings. The van der Waals surface area contributed by atoms with E-state index in [0.29, 0.717) is 30.8 Å². The van der Waals surface area contributed by atoms with Gasteiger partial charge in [-0.2, -0.15) is 18.3 Å². The van der Waals surface area contributed by atoms with E-state index in [1.165, 1.54) is 23.2 Å². The summed E-state index contributed by atoms with van der Waals surface area (Å²) >= 11 is 0. The van der Waals surface area contributed by atoms with E-state index in [2.05, 4.69) is 15.2 Å². The average molecular weight is 394 g/mol. The Kier molecular flexibility index (Phi) is 4.36. The SMILES string of the molecule is O=C(Cn1cnc(C(F)(F)F)n1)N1CCCc2c1cnn2-c1ccc(F)cc1. The number of halogens is 4. The van der Waals surface area contributed by atoms with Crippen molar-refractivity contribution in [3.05, 3.63) is 54.1 Å². The van der Waals surface area contributed by atoms with E-state index in [9.17, 15) is 22.4 Å². The molecule has 28 heavy (non-hydrogen) atoms. The van der Waals surface area contributed by atoms with E-state index in [1.54, 1.807) is 16.8 Å². The lowest BCUT2D eigenvalue weighted by Gasteiger charge is -2.27. The molecule has 0 aliphatic carbocycles. The van der Waals surface area contributed by atoms with Crippen LogP contribution in [0.15, 0.2) is 36.8 Å². The highest BCUT2D eigenvalue weighted by Crippen LogP contribution is 2.29. The maximum Gasteiger partial charge on any atom is 0.453 e. The van der Waals surface area contributed by atoms with Crippen LogP contribution in [0.3, 0.4) is 0 Å². The number of anilines is 1. The maximum atomic E-state index is 13.2. The van der Waals surface area contributed by atoms with Crippen LogP contribution < -0.4 is 4.90 Å². The third-order valence-electron chi connectivity index (χ3n) is 4.39. The highest BCUT2D eigenvalue weighted by Gasteiger charge is 2.36. The zero-order valence-corrected chi connectivity index (χ0v) is 14.4. The number of hydrogen-bond acceptors (Lipinski definition) is 4. The first-order valence-corrected chi connectivity index (χ1v) is 8.43. The Hall–Kier alpha value is -3.24. The second kappa shape index (κ2) is 6.73. The molecule has 1 aliphatic heterocycles. The van der Waals surface area contributed by atoms with Crippen LogP contribution in [-0.2, 0) is 23.9 Å². The van der Waals surface area contributed by atoms with Crippen molar-refractivity contribution in [3.8, 4) is 5.69 Å². The summed E-state index contributed by atoms with van der Waals surface area (Å²) in [7, 11) is 0. The molecule has 0 radical (unpaired) electrons. The van der Waals surface area contributed by atoms with Crippen molar-refractivity contribution in [2.45, 2.75) is 25.6 Å². The van der Waals surface area contributed by atoms with Crippen molar-refractivity contribution in [2.75, 3.05) is 11.4 Å². The van der Waals surface area contributed by atoms with Crippen LogP contribution in [0, 0.1) is 5.82 Å². The first-order valence-electron chi connectivity index (χ1n) is 8.43. The molecule has 3 heterocycles. The van der Waals surface area contributed by atoms with E-state index in [1.807, 2.05) is 0 Å². The van der Waals surface area contributed by atoms with Crippen LogP contribution in [-0.4, -0.2) is 37.0 Å². The molecule has 2 aromatic heterocycles. The van der Waals surface area contributed by atoms with Gasteiger partial charge >= 0.3 is 6.18 Å². The van der Waals surface area contributed by atoms with E-state index < -0.39 is 17.9 Å². The van der Waals surface area contributed by atoms with Gasteiger partial charge in [-0.15, -0.1) is 5.10 Å². The predicted octanol–water partition coefficient (Wildman–Crippen LogP) is 2.60. The summed E-state index contributed by atoms with van der Waals surface area (Å²) in [6.07, 6.45) is -0.927. The Morgan fingerprint density at radius 2 is 1.93 bits per heavy atom. The standard InChI is InChI=1S/C17H14F4N6O/c18-11-3-5-12(6-4-11)27-13-2-1-7-26(14(13)8-23-27)15(28)9-25-10-22-16(24-25)17(19,20)21/h3-6,8,10H,1-2,7,9H2. The lowest BCUT2D eigenvalue weighted by atomic mass is 10.1. The van der Waals surface area contributed by atoms with Gasteiger partial charge in [0.2, 0.25) is 5.91 Å². The van der Waals surface area contributed by atoms with Crippen LogP contribution >= 0.6 is 0 Å². The third-order valence-corrected chi connectivity index (χ3v) is 4.39. The molecule has 0 saturated carbocycles. The fourth-order valence-corrected chi connectivity index (χ4v) is 3.14. The number of carbonyl (C=O) groups is 1.